The van der Waals surface area contributed by atoms with E-state index in [0.717, 1.165) is 75.2 Å². The number of carbonyl (C=O) groups is 1. The van der Waals surface area contributed by atoms with E-state index in [4.69, 9.17) is 9.47 Å². The van der Waals surface area contributed by atoms with E-state index >= 15 is 0 Å². The molecule has 9 nitrogen and oxygen atoms in total. The van der Waals surface area contributed by atoms with Gasteiger partial charge in [-0.15, -0.1) is 0 Å². The number of carbonyl (C=O) groups excluding carboxylic acids is 1. The van der Waals surface area contributed by atoms with E-state index in [2.05, 4.69) is 25.9 Å². The zero-order valence-electron chi connectivity index (χ0n) is 19.9. The molecule has 0 unspecified atom stereocenters. The minimum absolute atomic E-state index is 0.268. The summed E-state index contributed by atoms with van der Waals surface area (Å²) in [5.74, 6) is 0.719. The summed E-state index contributed by atoms with van der Waals surface area (Å²) in [6, 6.07) is 4.93. The number of piperidine rings is 2. The van der Waals surface area contributed by atoms with Gasteiger partial charge < -0.3 is 19.3 Å². The normalized spacial score (nSPS) is 23.9. The Morgan fingerprint density at radius 1 is 1.03 bits per heavy atom. The molecule has 34 heavy (non-hydrogen) atoms. The first-order valence-electron chi connectivity index (χ1n) is 12.7. The molecule has 0 radical (unpaired) electrons. The predicted molar refractivity (Wildman–Crippen MR) is 128 cm³/mol. The maximum Gasteiger partial charge on any atom is 0.415 e. The Bertz CT molecular complexity index is 1000. The Labute approximate surface area is 200 Å². The van der Waals surface area contributed by atoms with Crippen molar-refractivity contribution < 1.29 is 14.3 Å². The molecule has 3 saturated heterocycles. The highest BCUT2D eigenvalue weighted by atomic mass is 16.6. The summed E-state index contributed by atoms with van der Waals surface area (Å²) in [5.41, 5.74) is 1.46. The van der Waals surface area contributed by atoms with Crippen molar-refractivity contribution in [2.75, 3.05) is 42.5 Å². The number of amides is 1. The zero-order valence-corrected chi connectivity index (χ0v) is 19.9. The molecular weight excluding hydrogens is 432 g/mol. The fraction of sp³-hybridized carbons (Fsp3) is 0.640. The maximum atomic E-state index is 12.5. The lowest BCUT2D eigenvalue weighted by Crippen LogP contribution is -2.47. The Morgan fingerprint density at radius 2 is 1.82 bits per heavy atom. The smallest absolute Gasteiger partial charge is 0.415 e. The van der Waals surface area contributed by atoms with Crippen molar-refractivity contribution in [1.82, 2.24) is 19.7 Å². The molecule has 1 aliphatic carbocycles. The van der Waals surface area contributed by atoms with E-state index in [0.29, 0.717) is 6.54 Å². The molecule has 1 amide bonds. The fourth-order valence-electron chi connectivity index (χ4n) is 5.71. The number of anilines is 2. The molecule has 2 aromatic heterocycles. The van der Waals surface area contributed by atoms with Crippen LogP contribution in [0.5, 0.6) is 5.88 Å². The summed E-state index contributed by atoms with van der Waals surface area (Å²) in [5, 5.41) is 4.18. The Kier molecular flexibility index (Phi) is 5.59. The van der Waals surface area contributed by atoms with Gasteiger partial charge in [0.25, 0.3) is 0 Å². The third kappa shape index (κ3) is 4.21. The molecule has 1 saturated carbocycles. The summed E-state index contributed by atoms with van der Waals surface area (Å²) >= 11 is 0. The molecule has 4 aliphatic rings. The second-order valence-electron chi connectivity index (χ2n) is 10.3. The Hall–Kier alpha value is -2.81. The Morgan fingerprint density at radius 3 is 2.44 bits per heavy atom. The molecule has 5 heterocycles. The number of hydrogen-bond acceptors (Lipinski definition) is 7. The molecule has 0 atom stereocenters. The van der Waals surface area contributed by atoms with Crippen molar-refractivity contribution in [1.29, 1.82) is 0 Å². The minimum Gasteiger partial charge on any atom is -0.474 e. The number of rotatable bonds is 5. The fourth-order valence-corrected chi connectivity index (χ4v) is 5.71. The third-order valence-corrected chi connectivity index (χ3v) is 8.09. The molecule has 1 spiro atoms. The average Bonchev–Trinajstić information content (AvgIpc) is 3.38. The highest BCUT2D eigenvalue weighted by molar-refractivity contribution is 5.90. The number of likely N-dealkylation sites (tertiary alicyclic amines) is 1. The van der Waals surface area contributed by atoms with E-state index in [-0.39, 0.29) is 12.2 Å². The summed E-state index contributed by atoms with van der Waals surface area (Å²) in [4.78, 5) is 23.8. The number of hydrogen-bond donors (Lipinski definition) is 0. The molecule has 0 bridgehead atoms. The van der Waals surface area contributed by atoms with Gasteiger partial charge in [0.1, 0.15) is 11.7 Å². The van der Waals surface area contributed by atoms with Crippen LogP contribution >= 0.6 is 0 Å². The van der Waals surface area contributed by atoms with E-state index in [1.54, 1.807) is 15.8 Å². The Balaban J connectivity index is 1.01. The van der Waals surface area contributed by atoms with Gasteiger partial charge >= 0.3 is 6.09 Å². The first-order chi connectivity index (χ1) is 16.6. The molecule has 3 aliphatic heterocycles. The van der Waals surface area contributed by atoms with Crippen LogP contribution in [0.2, 0.25) is 0 Å². The molecule has 0 aromatic carbocycles. The van der Waals surface area contributed by atoms with Crippen LogP contribution < -0.4 is 14.5 Å². The predicted octanol–water partition coefficient (Wildman–Crippen LogP) is 3.21. The van der Waals surface area contributed by atoms with Crippen molar-refractivity contribution in [2.45, 2.75) is 62.7 Å². The van der Waals surface area contributed by atoms with Gasteiger partial charge in [-0.3, -0.25) is 9.58 Å². The van der Waals surface area contributed by atoms with E-state index < -0.39 is 5.60 Å². The monoisotopic (exact) mass is 466 g/mol. The number of pyridine rings is 1. The third-order valence-electron chi connectivity index (χ3n) is 8.09. The van der Waals surface area contributed by atoms with Gasteiger partial charge in [-0.25, -0.2) is 9.78 Å². The van der Waals surface area contributed by atoms with Gasteiger partial charge in [-0.2, -0.15) is 5.10 Å². The molecule has 182 valence electrons. The molecular formula is C25H34N6O3. The van der Waals surface area contributed by atoms with E-state index in [9.17, 15) is 4.79 Å². The lowest BCUT2D eigenvalue weighted by Gasteiger charge is -2.41. The van der Waals surface area contributed by atoms with Gasteiger partial charge in [-0.1, -0.05) is 6.42 Å². The molecule has 4 fully saturated rings. The van der Waals surface area contributed by atoms with Gasteiger partial charge in [0, 0.05) is 64.4 Å². The topological polar surface area (TPSA) is 76.0 Å². The maximum absolute atomic E-state index is 12.5. The van der Waals surface area contributed by atoms with Crippen LogP contribution in [0.15, 0.2) is 30.7 Å². The number of nitrogens with zero attached hydrogens (tertiary/aromatic N) is 6. The van der Waals surface area contributed by atoms with Gasteiger partial charge in [0.2, 0.25) is 5.88 Å². The van der Waals surface area contributed by atoms with Crippen LogP contribution in [0, 0.1) is 0 Å². The average molecular weight is 467 g/mol. The minimum atomic E-state index is -0.422. The number of ether oxygens (including phenoxy) is 2. The van der Waals surface area contributed by atoms with Crippen LogP contribution in [0.1, 0.15) is 44.9 Å². The second kappa shape index (κ2) is 8.76. The first kappa shape index (κ1) is 21.7. The van der Waals surface area contributed by atoms with Gasteiger partial charge in [0.05, 0.1) is 30.3 Å². The number of aryl methyl sites for hydroxylation is 1. The SMILES string of the molecule is Cn1cc(N2CC3(CCN(c4ccc(OC5CCN(C6CCC6)CC5)nc4)CC3)OC2=O)cn1. The number of aromatic nitrogens is 3. The molecule has 0 N–H and O–H groups in total. The highest BCUT2D eigenvalue weighted by Crippen LogP contribution is 2.37. The van der Waals surface area contributed by atoms with Crippen LogP contribution in [0.25, 0.3) is 0 Å². The quantitative estimate of drug-likeness (QED) is 0.670. The zero-order chi connectivity index (χ0) is 23.1. The first-order valence-corrected chi connectivity index (χ1v) is 12.7. The van der Waals surface area contributed by atoms with Crippen LogP contribution in [0.4, 0.5) is 16.2 Å². The lowest BCUT2D eigenvalue weighted by molar-refractivity contribution is 0.0366. The summed E-state index contributed by atoms with van der Waals surface area (Å²) in [6.07, 6.45) is 13.4. The molecule has 9 heteroatoms. The van der Waals surface area contributed by atoms with Crippen LogP contribution in [0.3, 0.4) is 0 Å². The lowest BCUT2D eigenvalue weighted by atomic mass is 9.90. The standard InChI is InChI=1S/C25H34N6O3/c1-28-17-21(16-27-28)31-18-25(34-24(31)32)9-13-30(14-10-25)20-5-6-23(26-15-20)33-22-7-11-29(12-8-22)19-3-2-4-19/h5-6,15-17,19,22H,2-4,7-14,18H2,1H3. The summed E-state index contributed by atoms with van der Waals surface area (Å²) in [7, 11) is 1.85. The second-order valence-corrected chi connectivity index (χ2v) is 10.3. The van der Waals surface area contributed by atoms with Gasteiger partial charge in [-0.05, 0) is 31.7 Å². The van der Waals surface area contributed by atoms with Crippen molar-refractivity contribution in [2.24, 2.45) is 7.05 Å². The van der Waals surface area contributed by atoms with Gasteiger partial charge in [0.15, 0.2) is 0 Å². The largest absolute Gasteiger partial charge is 0.474 e. The highest BCUT2D eigenvalue weighted by Gasteiger charge is 2.47. The van der Waals surface area contributed by atoms with Crippen LogP contribution in [-0.4, -0.2) is 76.2 Å². The van der Waals surface area contributed by atoms with Crippen LogP contribution in [-0.2, 0) is 11.8 Å². The summed E-state index contributed by atoms with van der Waals surface area (Å²) in [6.45, 7) is 4.53. The van der Waals surface area contributed by atoms with Crippen molar-refractivity contribution in [3.8, 4) is 5.88 Å². The van der Waals surface area contributed by atoms with Crippen molar-refractivity contribution >= 4 is 17.5 Å². The van der Waals surface area contributed by atoms with E-state index in [1.807, 2.05) is 25.5 Å². The van der Waals surface area contributed by atoms with Crippen molar-refractivity contribution in [3.63, 3.8) is 0 Å². The summed E-state index contributed by atoms with van der Waals surface area (Å²) < 4.78 is 13.8. The molecule has 2 aromatic rings. The van der Waals surface area contributed by atoms with E-state index in [1.165, 1.54) is 19.3 Å². The molecule has 6 rings (SSSR count). The van der Waals surface area contributed by atoms with Crippen molar-refractivity contribution in [3.05, 3.63) is 30.7 Å².